The number of ether oxygens (including phenoxy) is 1. The molecule has 0 saturated heterocycles. The summed E-state index contributed by atoms with van der Waals surface area (Å²) >= 11 is 0. The molecule has 1 aromatic carbocycles. The Morgan fingerprint density at radius 3 is 2.67 bits per heavy atom. The normalized spacial score (nSPS) is 9.72. The van der Waals surface area contributed by atoms with E-state index >= 15 is 0 Å². The van der Waals surface area contributed by atoms with Gasteiger partial charge in [0.1, 0.15) is 6.54 Å². The molecule has 98 valence electrons. The summed E-state index contributed by atoms with van der Waals surface area (Å²) in [5.74, 6) is -0.281. The van der Waals surface area contributed by atoms with Crippen LogP contribution in [-0.4, -0.2) is 25.2 Å². The van der Waals surface area contributed by atoms with E-state index in [1.807, 2.05) is 32.0 Å². The average Bonchev–Trinajstić information content (AvgIpc) is 2.33. The van der Waals surface area contributed by atoms with Gasteiger partial charge >= 0.3 is 6.09 Å². The summed E-state index contributed by atoms with van der Waals surface area (Å²) in [7, 11) is 0. The highest BCUT2D eigenvalue weighted by Crippen LogP contribution is 2.17. The zero-order chi connectivity index (χ0) is 13.5. The number of rotatable bonds is 4. The molecule has 0 saturated carbocycles. The van der Waals surface area contributed by atoms with Crippen LogP contribution in [0.4, 0.5) is 10.5 Å². The number of carbonyl (C=O) groups excluding carboxylic acids is 2. The van der Waals surface area contributed by atoms with Gasteiger partial charge in [0.2, 0.25) is 5.91 Å². The van der Waals surface area contributed by atoms with Crippen molar-refractivity contribution in [2.45, 2.75) is 20.8 Å². The highest BCUT2D eigenvalue weighted by molar-refractivity contribution is 5.94. The summed E-state index contributed by atoms with van der Waals surface area (Å²) < 4.78 is 4.66. The second-order valence-corrected chi connectivity index (χ2v) is 3.87. The first-order valence-corrected chi connectivity index (χ1v) is 5.81. The summed E-state index contributed by atoms with van der Waals surface area (Å²) in [5.41, 5.74) is 2.87. The minimum Gasteiger partial charge on any atom is -0.450 e. The van der Waals surface area contributed by atoms with E-state index in [1.54, 1.807) is 6.92 Å². The highest BCUT2D eigenvalue weighted by Gasteiger charge is 2.07. The van der Waals surface area contributed by atoms with Gasteiger partial charge in [-0.25, -0.2) is 4.79 Å². The van der Waals surface area contributed by atoms with Gasteiger partial charge in [0.25, 0.3) is 0 Å². The van der Waals surface area contributed by atoms with E-state index in [9.17, 15) is 9.59 Å². The lowest BCUT2D eigenvalue weighted by atomic mass is 10.1. The van der Waals surface area contributed by atoms with Crippen LogP contribution in [0.5, 0.6) is 0 Å². The Balaban J connectivity index is 2.50. The Labute approximate surface area is 107 Å². The predicted molar refractivity (Wildman–Crippen MR) is 69.6 cm³/mol. The number of alkyl carbamates (subject to hydrolysis) is 1. The Morgan fingerprint density at radius 1 is 1.28 bits per heavy atom. The van der Waals surface area contributed by atoms with Crippen LogP contribution in [0.25, 0.3) is 0 Å². The maximum absolute atomic E-state index is 11.6. The van der Waals surface area contributed by atoms with Gasteiger partial charge in [0.05, 0.1) is 6.61 Å². The fourth-order valence-corrected chi connectivity index (χ4v) is 1.42. The van der Waals surface area contributed by atoms with Crippen LogP contribution in [0.2, 0.25) is 0 Å². The van der Waals surface area contributed by atoms with Crippen molar-refractivity contribution in [2.24, 2.45) is 0 Å². The molecule has 0 atom stereocenters. The van der Waals surface area contributed by atoms with Crippen molar-refractivity contribution in [3.63, 3.8) is 0 Å². The van der Waals surface area contributed by atoms with Crippen LogP contribution in [0.3, 0.4) is 0 Å². The summed E-state index contributed by atoms with van der Waals surface area (Å²) in [6.07, 6.45) is -0.589. The van der Waals surface area contributed by atoms with Gasteiger partial charge in [-0.15, -0.1) is 0 Å². The molecule has 0 bridgehead atoms. The van der Waals surface area contributed by atoms with Crippen LogP contribution in [0.15, 0.2) is 18.2 Å². The lowest BCUT2D eigenvalue weighted by Gasteiger charge is -2.10. The largest absolute Gasteiger partial charge is 0.450 e. The van der Waals surface area contributed by atoms with Crippen molar-refractivity contribution in [1.82, 2.24) is 5.32 Å². The van der Waals surface area contributed by atoms with E-state index in [0.717, 1.165) is 16.8 Å². The zero-order valence-corrected chi connectivity index (χ0v) is 10.9. The standard InChI is InChI=1S/C13H18N2O3/c1-4-18-13(17)14-8-12(16)15-11-7-5-6-9(2)10(11)3/h5-7H,4,8H2,1-3H3,(H,14,17)(H,15,16). The molecule has 2 amide bonds. The lowest BCUT2D eigenvalue weighted by Crippen LogP contribution is -2.33. The van der Waals surface area contributed by atoms with Crippen molar-refractivity contribution in [3.8, 4) is 0 Å². The minimum atomic E-state index is -0.589. The first kappa shape index (κ1) is 14.0. The Bertz CT molecular complexity index is 444. The molecule has 0 aliphatic heterocycles. The molecule has 0 aromatic heterocycles. The minimum absolute atomic E-state index is 0.105. The molecule has 5 nitrogen and oxygen atoms in total. The fraction of sp³-hybridized carbons (Fsp3) is 0.385. The molecule has 0 aliphatic carbocycles. The molecular weight excluding hydrogens is 232 g/mol. The summed E-state index contributed by atoms with van der Waals surface area (Å²) in [5, 5.41) is 5.10. The molecule has 5 heteroatoms. The van der Waals surface area contributed by atoms with E-state index in [4.69, 9.17) is 0 Å². The Hall–Kier alpha value is -2.04. The van der Waals surface area contributed by atoms with Crippen LogP contribution in [-0.2, 0) is 9.53 Å². The SMILES string of the molecule is CCOC(=O)NCC(=O)Nc1cccc(C)c1C. The second kappa shape index (κ2) is 6.64. The third-order valence-corrected chi connectivity index (χ3v) is 2.55. The van der Waals surface area contributed by atoms with Gasteiger partial charge < -0.3 is 15.4 Å². The summed E-state index contributed by atoms with van der Waals surface area (Å²) in [4.78, 5) is 22.6. The molecule has 1 rings (SSSR count). The molecule has 18 heavy (non-hydrogen) atoms. The van der Waals surface area contributed by atoms with Crippen LogP contribution >= 0.6 is 0 Å². The molecule has 2 N–H and O–H groups in total. The van der Waals surface area contributed by atoms with E-state index in [1.165, 1.54) is 0 Å². The average molecular weight is 250 g/mol. The van der Waals surface area contributed by atoms with Crippen LogP contribution in [0, 0.1) is 13.8 Å². The number of hydrogen-bond donors (Lipinski definition) is 2. The number of hydrogen-bond acceptors (Lipinski definition) is 3. The summed E-state index contributed by atoms with van der Waals surface area (Å²) in [6, 6.07) is 5.67. The second-order valence-electron chi connectivity index (χ2n) is 3.87. The quantitative estimate of drug-likeness (QED) is 0.858. The van der Waals surface area contributed by atoms with Crippen LogP contribution in [0.1, 0.15) is 18.1 Å². The van der Waals surface area contributed by atoms with E-state index in [2.05, 4.69) is 15.4 Å². The number of amides is 2. The van der Waals surface area contributed by atoms with E-state index in [0.29, 0.717) is 0 Å². The third-order valence-electron chi connectivity index (χ3n) is 2.55. The van der Waals surface area contributed by atoms with Crippen molar-refractivity contribution in [1.29, 1.82) is 0 Å². The number of aryl methyl sites for hydroxylation is 1. The molecule has 0 fully saturated rings. The van der Waals surface area contributed by atoms with Crippen molar-refractivity contribution >= 4 is 17.7 Å². The molecule has 0 unspecified atom stereocenters. The van der Waals surface area contributed by atoms with Gasteiger partial charge in [-0.2, -0.15) is 0 Å². The molecule has 0 aliphatic rings. The third kappa shape index (κ3) is 4.08. The van der Waals surface area contributed by atoms with Gasteiger partial charge in [-0.05, 0) is 38.0 Å². The molecule has 0 spiro atoms. The number of benzene rings is 1. The fourth-order valence-electron chi connectivity index (χ4n) is 1.42. The van der Waals surface area contributed by atoms with E-state index in [-0.39, 0.29) is 19.1 Å². The van der Waals surface area contributed by atoms with Gasteiger partial charge in [0, 0.05) is 5.69 Å². The van der Waals surface area contributed by atoms with Crippen molar-refractivity contribution < 1.29 is 14.3 Å². The number of anilines is 1. The predicted octanol–water partition coefficient (Wildman–Crippen LogP) is 1.99. The number of carbonyl (C=O) groups is 2. The van der Waals surface area contributed by atoms with Crippen molar-refractivity contribution in [3.05, 3.63) is 29.3 Å². The lowest BCUT2D eigenvalue weighted by molar-refractivity contribution is -0.115. The monoisotopic (exact) mass is 250 g/mol. The first-order chi connectivity index (χ1) is 8.54. The van der Waals surface area contributed by atoms with Crippen molar-refractivity contribution in [2.75, 3.05) is 18.5 Å². The van der Waals surface area contributed by atoms with Crippen LogP contribution < -0.4 is 10.6 Å². The van der Waals surface area contributed by atoms with Gasteiger partial charge in [-0.1, -0.05) is 12.1 Å². The molecule has 1 aromatic rings. The summed E-state index contributed by atoms with van der Waals surface area (Å²) in [6.45, 7) is 5.79. The zero-order valence-electron chi connectivity index (χ0n) is 10.9. The maximum Gasteiger partial charge on any atom is 0.407 e. The van der Waals surface area contributed by atoms with E-state index < -0.39 is 6.09 Å². The highest BCUT2D eigenvalue weighted by atomic mass is 16.5. The molecule has 0 radical (unpaired) electrons. The molecular formula is C13H18N2O3. The topological polar surface area (TPSA) is 67.4 Å². The Kier molecular flexibility index (Phi) is 5.17. The molecule has 0 heterocycles. The number of nitrogens with one attached hydrogen (secondary N) is 2. The smallest absolute Gasteiger partial charge is 0.407 e. The maximum atomic E-state index is 11.6. The van der Waals surface area contributed by atoms with Gasteiger partial charge in [-0.3, -0.25) is 4.79 Å². The first-order valence-electron chi connectivity index (χ1n) is 5.81. The Morgan fingerprint density at radius 2 is 2.00 bits per heavy atom. The van der Waals surface area contributed by atoms with Gasteiger partial charge in [0.15, 0.2) is 0 Å².